The lowest BCUT2D eigenvalue weighted by atomic mass is 10.2. The molecule has 0 N–H and O–H groups in total. The van der Waals surface area contributed by atoms with Gasteiger partial charge >= 0.3 is 0 Å². The van der Waals surface area contributed by atoms with E-state index in [4.69, 9.17) is 4.52 Å². The molecule has 1 atom stereocenters. The van der Waals surface area contributed by atoms with E-state index in [2.05, 4.69) is 0 Å². The van der Waals surface area contributed by atoms with E-state index >= 15 is 0 Å². The highest BCUT2D eigenvalue weighted by molar-refractivity contribution is 7.74. The van der Waals surface area contributed by atoms with Crippen molar-refractivity contribution in [1.29, 1.82) is 0 Å². The van der Waals surface area contributed by atoms with E-state index in [-0.39, 0.29) is 0 Å². The molecule has 0 unspecified atom stereocenters. The maximum absolute atomic E-state index is 13.0. The minimum Gasteiger partial charge on any atom is -0.322 e. The monoisotopic (exact) mass is 244 g/mol. The predicted molar refractivity (Wildman–Crippen MR) is 69.4 cm³/mol. The first-order valence-electron chi connectivity index (χ1n) is 5.69. The molecule has 2 aromatic rings. The van der Waals surface area contributed by atoms with Crippen molar-refractivity contribution in [1.82, 2.24) is 0 Å². The second-order valence-corrected chi connectivity index (χ2v) is 6.46. The van der Waals surface area contributed by atoms with Crippen molar-refractivity contribution in [2.24, 2.45) is 0 Å². The van der Waals surface area contributed by atoms with Gasteiger partial charge in [0.25, 0.3) is 7.37 Å². The van der Waals surface area contributed by atoms with Crippen molar-refractivity contribution in [3.05, 3.63) is 60.2 Å². The molecular formula is C14H13O2P. The molecule has 2 aromatic carbocycles. The van der Waals surface area contributed by atoms with Crippen LogP contribution in [0.5, 0.6) is 0 Å². The zero-order valence-corrected chi connectivity index (χ0v) is 10.3. The number of benzene rings is 2. The SMILES string of the molecule is O=[P@@]1(c2ccccc2)OCCc2ccccc21. The Labute approximate surface area is 101 Å². The van der Waals surface area contributed by atoms with Crippen LogP contribution in [0.4, 0.5) is 0 Å². The van der Waals surface area contributed by atoms with Crippen LogP contribution >= 0.6 is 7.37 Å². The van der Waals surface area contributed by atoms with Crippen molar-refractivity contribution in [2.45, 2.75) is 6.42 Å². The third-order valence-corrected chi connectivity index (χ3v) is 5.64. The van der Waals surface area contributed by atoms with Crippen molar-refractivity contribution >= 4 is 18.0 Å². The van der Waals surface area contributed by atoms with Gasteiger partial charge in [-0.25, -0.2) is 0 Å². The minimum absolute atomic E-state index is 0.531. The summed E-state index contributed by atoms with van der Waals surface area (Å²) in [6.45, 7) is 0.531. The summed E-state index contributed by atoms with van der Waals surface area (Å²) in [5.41, 5.74) is 1.14. The minimum atomic E-state index is -2.86. The highest BCUT2D eigenvalue weighted by Gasteiger charge is 2.33. The summed E-state index contributed by atoms with van der Waals surface area (Å²) in [5.74, 6) is 0. The molecule has 0 saturated carbocycles. The fourth-order valence-electron chi connectivity index (χ4n) is 2.20. The fourth-order valence-corrected chi connectivity index (χ4v) is 4.53. The zero-order chi connectivity index (χ0) is 11.7. The molecule has 0 aromatic heterocycles. The summed E-state index contributed by atoms with van der Waals surface area (Å²) < 4.78 is 18.7. The van der Waals surface area contributed by atoms with Crippen LogP contribution in [0.3, 0.4) is 0 Å². The van der Waals surface area contributed by atoms with Crippen molar-refractivity contribution in [2.75, 3.05) is 6.61 Å². The normalized spacial score (nSPS) is 23.1. The third-order valence-electron chi connectivity index (χ3n) is 3.05. The standard InChI is InChI=1S/C14H13O2P/c15-17(13-7-2-1-3-8-13)14-9-5-4-6-12(14)10-11-16-17/h1-9H,10-11H2/t17-/m0/s1. The van der Waals surface area contributed by atoms with Gasteiger partial charge in [0.15, 0.2) is 0 Å². The fraction of sp³-hybridized carbons (Fsp3) is 0.143. The molecule has 2 nitrogen and oxygen atoms in total. The van der Waals surface area contributed by atoms with Gasteiger partial charge in [0, 0.05) is 10.6 Å². The molecule has 0 bridgehead atoms. The van der Waals surface area contributed by atoms with Gasteiger partial charge in [-0.3, -0.25) is 4.57 Å². The van der Waals surface area contributed by atoms with Gasteiger partial charge in [0.05, 0.1) is 6.61 Å². The van der Waals surface area contributed by atoms with Crippen LogP contribution in [0, 0.1) is 0 Å². The molecule has 1 aliphatic heterocycles. The van der Waals surface area contributed by atoms with Crippen LogP contribution in [-0.2, 0) is 15.5 Å². The summed E-state index contributed by atoms with van der Waals surface area (Å²) in [6, 6.07) is 17.3. The van der Waals surface area contributed by atoms with E-state index < -0.39 is 7.37 Å². The number of fused-ring (bicyclic) bond motifs is 1. The first kappa shape index (κ1) is 10.8. The second kappa shape index (κ2) is 4.14. The van der Waals surface area contributed by atoms with Crippen molar-refractivity contribution in [3.8, 4) is 0 Å². The Morgan fingerprint density at radius 1 is 0.941 bits per heavy atom. The maximum atomic E-state index is 13.0. The van der Waals surface area contributed by atoms with Crippen LogP contribution in [0.2, 0.25) is 0 Å². The Hall–Kier alpha value is -1.37. The van der Waals surface area contributed by atoms with E-state index in [1.165, 1.54) is 0 Å². The van der Waals surface area contributed by atoms with Gasteiger partial charge in [0.2, 0.25) is 0 Å². The van der Waals surface area contributed by atoms with Crippen LogP contribution in [0.15, 0.2) is 54.6 Å². The van der Waals surface area contributed by atoms with Gasteiger partial charge in [-0.2, -0.15) is 0 Å². The summed E-state index contributed by atoms with van der Waals surface area (Å²) in [6.07, 6.45) is 0.840. The topological polar surface area (TPSA) is 26.3 Å². The van der Waals surface area contributed by atoms with Crippen LogP contribution in [-0.4, -0.2) is 6.61 Å². The van der Waals surface area contributed by atoms with Gasteiger partial charge in [-0.1, -0.05) is 36.4 Å². The largest absolute Gasteiger partial charge is 0.322 e. The van der Waals surface area contributed by atoms with Gasteiger partial charge in [-0.05, 0) is 30.2 Å². The smallest absolute Gasteiger partial charge is 0.261 e. The summed E-state index contributed by atoms with van der Waals surface area (Å²) in [5, 5.41) is 1.64. The highest BCUT2D eigenvalue weighted by atomic mass is 31.2. The zero-order valence-electron chi connectivity index (χ0n) is 9.37. The third kappa shape index (κ3) is 1.74. The van der Waals surface area contributed by atoms with Crippen molar-refractivity contribution in [3.63, 3.8) is 0 Å². The Balaban J connectivity index is 2.20. The van der Waals surface area contributed by atoms with Gasteiger partial charge in [-0.15, -0.1) is 0 Å². The molecule has 0 spiro atoms. The van der Waals surface area contributed by atoms with Crippen LogP contribution in [0.25, 0.3) is 0 Å². The molecule has 1 heterocycles. The molecule has 3 rings (SSSR count). The lowest BCUT2D eigenvalue weighted by molar-refractivity contribution is 0.324. The quantitative estimate of drug-likeness (QED) is 0.720. The van der Waals surface area contributed by atoms with E-state index in [0.717, 1.165) is 22.6 Å². The molecule has 1 aliphatic rings. The molecule has 86 valence electrons. The average molecular weight is 244 g/mol. The van der Waals surface area contributed by atoms with Gasteiger partial charge < -0.3 is 4.52 Å². The lowest BCUT2D eigenvalue weighted by Crippen LogP contribution is -2.26. The van der Waals surface area contributed by atoms with E-state index in [1.54, 1.807) is 0 Å². The number of hydrogen-bond donors (Lipinski definition) is 0. The van der Waals surface area contributed by atoms with Crippen molar-refractivity contribution < 1.29 is 9.09 Å². The molecule has 0 radical (unpaired) electrons. The number of rotatable bonds is 1. The first-order chi connectivity index (χ1) is 8.31. The Morgan fingerprint density at radius 3 is 2.47 bits per heavy atom. The van der Waals surface area contributed by atoms with Crippen LogP contribution < -0.4 is 10.6 Å². The highest BCUT2D eigenvalue weighted by Crippen LogP contribution is 2.47. The van der Waals surface area contributed by atoms with Crippen LogP contribution in [0.1, 0.15) is 5.56 Å². The molecule has 0 aliphatic carbocycles. The van der Waals surface area contributed by atoms with Gasteiger partial charge in [0.1, 0.15) is 0 Å². The molecule has 17 heavy (non-hydrogen) atoms. The maximum Gasteiger partial charge on any atom is 0.261 e. The predicted octanol–water partition coefficient (Wildman–Crippen LogP) is 2.49. The average Bonchev–Trinajstić information content (AvgIpc) is 2.40. The molecule has 3 heteroatoms. The Kier molecular flexibility index (Phi) is 2.62. The number of hydrogen-bond acceptors (Lipinski definition) is 2. The second-order valence-electron chi connectivity index (χ2n) is 4.10. The first-order valence-corrected chi connectivity index (χ1v) is 7.32. The molecule has 0 amide bonds. The summed E-state index contributed by atoms with van der Waals surface area (Å²) >= 11 is 0. The Bertz CT molecular complexity index is 578. The van der Waals surface area contributed by atoms with E-state index in [0.29, 0.717) is 6.61 Å². The van der Waals surface area contributed by atoms with E-state index in [9.17, 15) is 4.57 Å². The van der Waals surface area contributed by atoms with E-state index in [1.807, 2.05) is 54.6 Å². The molecular weight excluding hydrogens is 231 g/mol. The lowest BCUT2D eigenvalue weighted by Gasteiger charge is -2.26. The molecule has 0 saturated heterocycles. The summed E-state index contributed by atoms with van der Waals surface area (Å²) in [7, 11) is -2.86. The summed E-state index contributed by atoms with van der Waals surface area (Å²) in [4.78, 5) is 0. The Morgan fingerprint density at radius 2 is 1.65 bits per heavy atom. The molecule has 0 fully saturated rings.